The average molecular weight is 284 g/mol. The first-order chi connectivity index (χ1) is 7.74. The van der Waals surface area contributed by atoms with Crippen LogP contribution in [0.25, 0.3) is 0 Å². The lowest BCUT2D eigenvalue weighted by Crippen LogP contribution is -2.28. The van der Waals surface area contributed by atoms with Crippen molar-refractivity contribution in [3.8, 4) is 0 Å². The van der Waals surface area contributed by atoms with E-state index in [-0.39, 0.29) is 5.41 Å². The SMILES string of the molecule is OCC1(CNCCc2cccc(Br)c2)CC1. The van der Waals surface area contributed by atoms with Gasteiger partial charge in [-0.3, -0.25) is 0 Å². The molecule has 1 saturated carbocycles. The number of hydrogen-bond acceptors (Lipinski definition) is 2. The summed E-state index contributed by atoms with van der Waals surface area (Å²) in [6.07, 6.45) is 3.39. The Kier molecular flexibility index (Phi) is 4.00. The second-order valence-electron chi connectivity index (χ2n) is 4.71. The molecule has 1 aliphatic carbocycles. The van der Waals surface area contributed by atoms with Crippen LogP contribution in [0.4, 0.5) is 0 Å². The zero-order valence-corrected chi connectivity index (χ0v) is 11.0. The molecule has 0 heterocycles. The van der Waals surface area contributed by atoms with Crippen LogP contribution in [0, 0.1) is 5.41 Å². The normalized spacial score (nSPS) is 17.4. The maximum Gasteiger partial charge on any atom is 0.0499 e. The monoisotopic (exact) mass is 283 g/mol. The quantitative estimate of drug-likeness (QED) is 0.786. The van der Waals surface area contributed by atoms with E-state index in [0.717, 1.165) is 24.0 Å². The van der Waals surface area contributed by atoms with Crippen molar-refractivity contribution in [3.63, 3.8) is 0 Å². The van der Waals surface area contributed by atoms with Crippen LogP contribution in [0.2, 0.25) is 0 Å². The van der Waals surface area contributed by atoms with E-state index in [0.29, 0.717) is 6.61 Å². The first kappa shape index (κ1) is 12.1. The first-order valence-electron chi connectivity index (χ1n) is 5.80. The Balaban J connectivity index is 1.68. The van der Waals surface area contributed by atoms with Crippen LogP contribution in [-0.2, 0) is 6.42 Å². The topological polar surface area (TPSA) is 32.3 Å². The third-order valence-electron chi connectivity index (χ3n) is 3.27. The Labute approximate surface area is 105 Å². The van der Waals surface area contributed by atoms with E-state index in [1.54, 1.807) is 0 Å². The molecule has 0 radical (unpaired) electrons. The van der Waals surface area contributed by atoms with Gasteiger partial charge in [0.15, 0.2) is 0 Å². The van der Waals surface area contributed by atoms with Crippen molar-refractivity contribution in [3.05, 3.63) is 34.3 Å². The summed E-state index contributed by atoms with van der Waals surface area (Å²) >= 11 is 3.47. The molecule has 0 unspecified atom stereocenters. The van der Waals surface area contributed by atoms with E-state index in [9.17, 15) is 0 Å². The summed E-state index contributed by atoms with van der Waals surface area (Å²) in [6.45, 7) is 2.27. The van der Waals surface area contributed by atoms with Gasteiger partial charge in [0.25, 0.3) is 0 Å². The third-order valence-corrected chi connectivity index (χ3v) is 3.77. The van der Waals surface area contributed by atoms with E-state index in [1.807, 2.05) is 6.07 Å². The van der Waals surface area contributed by atoms with E-state index < -0.39 is 0 Å². The molecule has 16 heavy (non-hydrogen) atoms. The fourth-order valence-corrected chi connectivity index (χ4v) is 2.29. The van der Waals surface area contributed by atoms with Gasteiger partial charge in [-0.05, 0) is 43.5 Å². The minimum Gasteiger partial charge on any atom is -0.396 e. The van der Waals surface area contributed by atoms with Crippen LogP contribution in [0.15, 0.2) is 28.7 Å². The summed E-state index contributed by atoms with van der Waals surface area (Å²) < 4.78 is 1.14. The molecule has 0 saturated heterocycles. The molecule has 0 amide bonds. The number of aliphatic hydroxyl groups is 1. The van der Waals surface area contributed by atoms with E-state index in [4.69, 9.17) is 5.11 Å². The highest BCUT2D eigenvalue weighted by Crippen LogP contribution is 2.44. The van der Waals surface area contributed by atoms with Crippen LogP contribution >= 0.6 is 15.9 Å². The molecule has 1 aliphatic rings. The number of halogens is 1. The number of rotatable bonds is 6. The molecular weight excluding hydrogens is 266 g/mol. The lowest BCUT2D eigenvalue weighted by Gasteiger charge is -2.12. The molecule has 3 heteroatoms. The highest BCUT2D eigenvalue weighted by atomic mass is 79.9. The molecule has 2 rings (SSSR count). The molecule has 1 fully saturated rings. The van der Waals surface area contributed by atoms with Gasteiger partial charge in [-0.25, -0.2) is 0 Å². The average Bonchev–Trinajstić information content (AvgIpc) is 3.05. The molecule has 88 valence electrons. The van der Waals surface area contributed by atoms with Gasteiger partial charge in [0, 0.05) is 23.0 Å². The van der Waals surface area contributed by atoms with Crippen molar-refractivity contribution in [1.29, 1.82) is 0 Å². The lowest BCUT2D eigenvalue weighted by molar-refractivity contribution is 0.208. The van der Waals surface area contributed by atoms with E-state index >= 15 is 0 Å². The van der Waals surface area contributed by atoms with Gasteiger partial charge in [-0.2, -0.15) is 0 Å². The molecule has 2 nitrogen and oxygen atoms in total. The van der Waals surface area contributed by atoms with Crippen molar-refractivity contribution in [2.75, 3.05) is 19.7 Å². The number of hydrogen-bond donors (Lipinski definition) is 2. The summed E-state index contributed by atoms with van der Waals surface area (Å²) in [4.78, 5) is 0. The summed E-state index contributed by atoms with van der Waals surface area (Å²) in [5.41, 5.74) is 1.56. The Morgan fingerprint density at radius 1 is 1.38 bits per heavy atom. The fourth-order valence-electron chi connectivity index (χ4n) is 1.85. The maximum atomic E-state index is 9.16. The van der Waals surface area contributed by atoms with Crippen molar-refractivity contribution < 1.29 is 5.11 Å². The molecule has 1 aromatic rings. The molecule has 0 aromatic heterocycles. The molecule has 2 N–H and O–H groups in total. The Hall–Kier alpha value is -0.380. The van der Waals surface area contributed by atoms with Crippen LogP contribution < -0.4 is 5.32 Å². The van der Waals surface area contributed by atoms with Gasteiger partial charge >= 0.3 is 0 Å². The Bertz CT molecular complexity index is 350. The van der Waals surface area contributed by atoms with Crippen molar-refractivity contribution in [2.24, 2.45) is 5.41 Å². The van der Waals surface area contributed by atoms with Crippen molar-refractivity contribution in [1.82, 2.24) is 5.32 Å². The fraction of sp³-hybridized carbons (Fsp3) is 0.538. The molecule has 1 aromatic carbocycles. The summed E-state index contributed by atoms with van der Waals surface area (Å²) in [6, 6.07) is 8.41. The second kappa shape index (κ2) is 5.30. The van der Waals surface area contributed by atoms with Crippen molar-refractivity contribution in [2.45, 2.75) is 19.3 Å². The van der Waals surface area contributed by atoms with Crippen LogP contribution in [0.1, 0.15) is 18.4 Å². The molecular formula is C13H18BrNO. The number of nitrogens with one attached hydrogen (secondary N) is 1. The van der Waals surface area contributed by atoms with Gasteiger partial charge < -0.3 is 10.4 Å². The van der Waals surface area contributed by atoms with Crippen molar-refractivity contribution >= 4 is 15.9 Å². The Morgan fingerprint density at radius 3 is 2.81 bits per heavy atom. The zero-order chi connectivity index (χ0) is 11.4. The number of aliphatic hydroxyl groups excluding tert-OH is 1. The van der Waals surface area contributed by atoms with Gasteiger partial charge in [-0.1, -0.05) is 28.1 Å². The maximum absolute atomic E-state index is 9.16. The second-order valence-corrected chi connectivity index (χ2v) is 5.63. The first-order valence-corrected chi connectivity index (χ1v) is 6.59. The highest BCUT2D eigenvalue weighted by molar-refractivity contribution is 9.10. The predicted molar refractivity (Wildman–Crippen MR) is 69.5 cm³/mol. The van der Waals surface area contributed by atoms with Crippen LogP contribution in [-0.4, -0.2) is 24.8 Å². The standard InChI is InChI=1S/C13H18BrNO/c14-12-3-1-2-11(8-12)4-7-15-9-13(10-16)5-6-13/h1-3,8,15-16H,4-7,9-10H2. The van der Waals surface area contributed by atoms with Gasteiger partial charge in [-0.15, -0.1) is 0 Å². The lowest BCUT2D eigenvalue weighted by atomic mass is 10.1. The Morgan fingerprint density at radius 2 is 2.19 bits per heavy atom. The largest absolute Gasteiger partial charge is 0.396 e. The van der Waals surface area contributed by atoms with Gasteiger partial charge in [0.05, 0.1) is 0 Å². The summed E-state index contributed by atoms with van der Waals surface area (Å²) in [7, 11) is 0. The predicted octanol–water partition coefficient (Wildman–Crippen LogP) is 2.35. The van der Waals surface area contributed by atoms with Crippen LogP contribution in [0.3, 0.4) is 0 Å². The summed E-state index contributed by atoms with van der Waals surface area (Å²) in [5.74, 6) is 0. The minimum atomic E-state index is 0.220. The molecule has 0 bridgehead atoms. The smallest absolute Gasteiger partial charge is 0.0499 e. The zero-order valence-electron chi connectivity index (χ0n) is 9.38. The van der Waals surface area contributed by atoms with Gasteiger partial charge in [0.1, 0.15) is 0 Å². The highest BCUT2D eigenvalue weighted by Gasteiger charge is 2.41. The van der Waals surface area contributed by atoms with E-state index in [1.165, 1.54) is 18.4 Å². The molecule has 0 aliphatic heterocycles. The molecule has 0 spiro atoms. The minimum absolute atomic E-state index is 0.220. The third kappa shape index (κ3) is 3.30. The van der Waals surface area contributed by atoms with Gasteiger partial charge in [0.2, 0.25) is 0 Å². The van der Waals surface area contributed by atoms with Crippen LogP contribution in [0.5, 0.6) is 0 Å². The molecule has 0 atom stereocenters. The number of benzene rings is 1. The summed E-state index contributed by atoms with van der Waals surface area (Å²) in [5, 5.41) is 12.6. The van der Waals surface area contributed by atoms with E-state index in [2.05, 4.69) is 39.4 Å².